The van der Waals surface area contributed by atoms with Crippen molar-refractivity contribution >= 4 is 23.4 Å². The van der Waals surface area contributed by atoms with Gasteiger partial charge in [-0.15, -0.1) is 11.8 Å². The van der Waals surface area contributed by atoms with Crippen LogP contribution < -0.4 is 5.32 Å². The maximum atomic E-state index is 12.2. The molecule has 0 spiro atoms. The van der Waals surface area contributed by atoms with Crippen molar-refractivity contribution in [3.8, 4) is 0 Å². The largest absolute Gasteiger partial charge is 0.326 e. The van der Waals surface area contributed by atoms with Crippen LogP contribution >= 0.6 is 11.8 Å². The van der Waals surface area contributed by atoms with Crippen molar-refractivity contribution in [3.05, 3.63) is 59.7 Å². The van der Waals surface area contributed by atoms with Crippen LogP contribution in [0.2, 0.25) is 0 Å². The highest BCUT2D eigenvalue weighted by atomic mass is 32.2. The summed E-state index contributed by atoms with van der Waals surface area (Å²) in [6.45, 7) is 4.43. The van der Waals surface area contributed by atoms with Gasteiger partial charge in [0, 0.05) is 10.6 Å². The van der Waals surface area contributed by atoms with E-state index in [2.05, 4.69) is 43.4 Å². The molecule has 0 saturated heterocycles. The predicted molar refractivity (Wildman–Crippen MR) is 98.2 cm³/mol. The lowest BCUT2D eigenvalue weighted by Crippen LogP contribution is -2.14. The molecular weight excluding hydrogens is 302 g/mol. The first-order valence-corrected chi connectivity index (χ1v) is 9.20. The standard InChI is InChI=1S/C20H23NOS/c1-3-23-18-10-4-15(5-11-18)14-19(22)21-17-8-6-16(7-9-17)20(2)12-13-20/h4-11H,3,12-14H2,1-2H3,(H,21,22). The molecule has 1 fully saturated rings. The Kier molecular flexibility index (Phi) is 4.76. The van der Waals surface area contributed by atoms with E-state index in [-0.39, 0.29) is 5.91 Å². The number of hydrogen-bond acceptors (Lipinski definition) is 2. The fourth-order valence-corrected chi connectivity index (χ4v) is 3.35. The second-order valence-corrected chi connectivity index (χ2v) is 7.78. The topological polar surface area (TPSA) is 29.1 Å². The van der Waals surface area contributed by atoms with E-state index in [1.54, 1.807) is 0 Å². The van der Waals surface area contributed by atoms with E-state index in [9.17, 15) is 4.79 Å². The molecule has 3 rings (SSSR count). The van der Waals surface area contributed by atoms with E-state index >= 15 is 0 Å². The molecule has 1 aliphatic rings. The van der Waals surface area contributed by atoms with Gasteiger partial charge in [-0.25, -0.2) is 0 Å². The zero-order valence-corrected chi connectivity index (χ0v) is 14.6. The molecule has 0 heterocycles. The molecule has 0 unspecified atom stereocenters. The number of anilines is 1. The van der Waals surface area contributed by atoms with Crippen LogP contribution in [0, 0.1) is 0 Å². The summed E-state index contributed by atoms with van der Waals surface area (Å²) < 4.78 is 0. The van der Waals surface area contributed by atoms with Gasteiger partial charge >= 0.3 is 0 Å². The third-order valence-corrected chi connectivity index (χ3v) is 5.36. The summed E-state index contributed by atoms with van der Waals surface area (Å²) >= 11 is 1.81. The molecule has 120 valence electrons. The minimum Gasteiger partial charge on any atom is -0.326 e. The van der Waals surface area contributed by atoms with Crippen LogP contribution in [0.3, 0.4) is 0 Å². The van der Waals surface area contributed by atoms with E-state index in [1.807, 2.05) is 36.0 Å². The molecule has 3 heteroatoms. The van der Waals surface area contributed by atoms with Gasteiger partial charge in [-0.1, -0.05) is 38.1 Å². The SMILES string of the molecule is CCSc1ccc(CC(=O)Nc2ccc(C3(C)CC3)cc2)cc1. The van der Waals surface area contributed by atoms with Crippen LogP contribution in [-0.4, -0.2) is 11.7 Å². The van der Waals surface area contributed by atoms with Crippen LogP contribution in [0.4, 0.5) is 5.69 Å². The molecule has 0 bridgehead atoms. The zero-order chi connectivity index (χ0) is 16.3. The molecule has 1 aliphatic carbocycles. The summed E-state index contributed by atoms with van der Waals surface area (Å²) in [5.74, 6) is 1.10. The maximum Gasteiger partial charge on any atom is 0.228 e. The summed E-state index contributed by atoms with van der Waals surface area (Å²) in [7, 11) is 0. The highest BCUT2D eigenvalue weighted by molar-refractivity contribution is 7.99. The monoisotopic (exact) mass is 325 g/mol. The second-order valence-electron chi connectivity index (χ2n) is 6.44. The number of benzene rings is 2. The number of thioether (sulfide) groups is 1. The van der Waals surface area contributed by atoms with Crippen LogP contribution in [0.5, 0.6) is 0 Å². The molecule has 23 heavy (non-hydrogen) atoms. The smallest absolute Gasteiger partial charge is 0.228 e. The lowest BCUT2D eigenvalue weighted by Gasteiger charge is -2.10. The third kappa shape index (κ3) is 4.17. The summed E-state index contributed by atoms with van der Waals surface area (Å²) in [6.07, 6.45) is 2.95. The van der Waals surface area contributed by atoms with Crippen molar-refractivity contribution in [1.29, 1.82) is 0 Å². The number of carbonyl (C=O) groups excluding carboxylic acids is 1. The molecule has 1 saturated carbocycles. The quantitative estimate of drug-likeness (QED) is 0.755. The maximum absolute atomic E-state index is 12.2. The number of carbonyl (C=O) groups is 1. The van der Waals surface area contributed by atoms with Crippen molar-refractivity contribution in [3.63, 3.8) is 0 Å². The fraction of sp³-hybridized carbons (Fsp3) is 0.350. The van der Waals surface area contributed by atoms with Gasteiger partial charge < -0.3 is 5.32 Å². The van der Waals surface area contributed by atoms with Crippen molar-refractivity contribution < 1.29 is 4.79 Å². The number of hydrogen-bond donors (Lipinski definition) is 1. The van der Waals surface area contributed by atoms with Gasteiger partial charge in [0.25, 0.3) is 0 Å². The van der Waals surface area contributed by atoms with Crippen LogP contribution in [0.25, 0.3) is 0 Å². The van der Waals surface area contributed by atoms with E-state index < -0.39 is 0 Å². The Morgan fingerprint density at radius 1 is 1.09 bits per heavy atom. The second kappa shape index (κ2) is 6.79. The van der Waals surface area contributed by atoms with Crippen LogP contribution in [-0.2, 0) is 16.6 Å². The Morgan fingerprint density at radius 3 is 2.30 bits per heavy atom. The first kappa shape index (κ1) is 16.1. The fourth-order valence-electron chi connectivity index (χ4n) is 2.69. The predicted octanol–water partition coefficient (Wildman–Crippen LogP) is 5.03. The Hall–Kier alpha value is -1.74. The van der Waals surface area contributed by atoms with Crippen LogP contribution in [0.15, 0.2) is 53.4 Å². The highest BCUT2D eigenvalue weighted by Crippen LogP contribution is 2.47. The first-order chi connectivity index (χ1) is 11.1. The molecule has 1 N–H and O–H groups in total. The number of amides is 1. The van der Waals surface area contributed by atoms with Gasteiger partial charge in [-0.3, -0.25) is 4.79 Å². The summed E-state index contributed by atoms with van der Waals surface area (Å²) in [4.78, 5) is 13.4. The molecule has 0 atom stereocenters. The van der Waals surface area contributed by atoms with Gasteiger partial charge in [0.15, 0.2) is 0 Å². The average Bonchev–Trinajstić information content (AvgIpc) is 3.29. The van der Waals surface area contributed by atoms with Crippen molar-refractivity contribution in [2.24, 2.45) is 0 Å². The highest BCUT2D eigenvalue weighted by Gasteiger charge is 2.38. The Labute approximate surface area is 142 Å². The minimum atomic E-state index is 0.0336. The first-order valence-electron chi connectivity index (χ1n) is 8.21. The Morgan fingerprint density at radius 2 is 1.74 bits per heavy atom. The van der Waals surface area contributed by atoms with Gasteiger partial charge in [0.2, 0.25) is 5.91 Å². The molecule has 2 aromatic rings. The van der Waals surface area contributed by atoms with E-state index in [4.69, 9.17) is 0 Å². The van der Waals surface area contributed by atoms with E-state index in [0.29, 0.717) is 11.8 Å². The Balaban J connectivity index is 1.56. The molecule has 0 radical (unpaired) electrons. The zero-order valence-electron chi connectivity index (χ0n) is 13.8. The lowest BCUT2D eigenvalue weighted by atomic mass is 9.98. The summed E-state index contributed by atoms with van der Waals surface area (Å²) in [6, 6.07) is 16.5. The van der Waals surface area contributed by atoms with Gasteiger partial charge in [0.05, 0.1) is 6.42 Å². The number of nitrogens with one attached hydrogen (secondary N) is 1. The third-order valence-electron chi connectivity index (χ3n) is 4.46. The summed E-state index contributed by atoms with van der Waals surface area (Å²) in [5.41, 5.74) is 3.67. The molecule has 0 aliphatic heterocycles. The van der Waals surface area contributed by atoms with Crippen molar-refractivity contribution in [2.45, 2.75) is 43.4 Å². The molecule has 1 amide bonds. The average molecular weight is 325 g/mol. The normalized spacial score (nSPS) is 15.2. The number of rotatable bonds is 6. The molecule has 2 aromatic carbocycles. The van der Waals surface area contributed by atoms with Crippen molar-refractivity contribution in [1.82, 2.24) is 0 Å². The molecule has 0 aromatic heterocycles. The molecular formula is C20H23NOS. The van der Waals surface area contributed by atoms with Crippen LogP contribution in [0.1, 0.15) is 37.8 Å². The minimum absolute atomic E-state index is 0.0336. The summed E-state index contributed by atoms with van der Waals surface area (Å²) in [5, 5.41) is 2.99. The lowest BCUT2D eigenvalue weighted by molar-refractivity contribution is -0.115. The molecule has 2 nitrogen and oxygen atoms in total. The van der Waals surface area contributed by atoms with Gasteiger partial charge in [-0.05, 0) is 59.4 Å². The Bertz CT molecular complexity index is 672. The van der Waals surface area contributed by atoms with Gasteiger partial charge in [-0.2, -0.15) is 0 Å². The van der Waals surface area contributed by atoms with Gasteiger partial charge in [0.1, 0.15) is 0 Å². The van der Waals surface area contributed by atoms with E-state index in [0.717, 1.165) is 17.0 Å². The van der Waals surface area contributed by atoms with Crippen molar-refractivity contribution in [2.75, 3.05) is 11.1 Å². The van der Waals surface area contributed by atoms with E-state index in [1.165, 1.54) is 23.3 Å².